The SMILES string of the molecule is CN(C)CCN(C)CCP(C)C. The lowest BCUT2D eigenvalue weighted by molar-refractivity contribution is 0.294. The molecule has 0 rings (SSSR count). The van der Waals surface area contributed by atoms with Gasteiger partial charge in [0, 0.05) is 19.6 Å². The summed E-state index contributed by atoms with van der Waals surface area (Å²) >= 11 is 0. The first-order valence-electron chi connectivity index (χ1n) is 4.50. The number of hydrogen-bond acceptors (Lipinski definition) is 2. The minimum absolute atomic E-state index is 0.286. The zero-order chi connectivity index (χ0) is 9.56. The van der Waals surface area contributed by atoms with Crippen LogP contribution in [-0.4, -0.2) is 70.1 Å². The van der Waals surface area contributed by atoms with Gasteiger partial charge in [0.1, 0.15) is 0 Å². The summed E-state index contributed by atoms with van der Waals surface area (Å²) in [7, 11) is 6.75. The second kappa shape index (κ2) is 6.82. The Morgan fingerprint density at radius 1 is 0.917 bits per heavy atom. The molecule has 0 aliphatic heterocycles. The molecule has 0 radical (unpaired) electrons. The highest BCUT2D eigenvalue weighted by Crippen LogP contribution is 2.22. The lowest BCUT2D eigenvalue weighted by Gasteiger charge is -2.20. The molecule has 0 aromatic rings. The summed E-state index contributed by atoms with van der Waals surface area (Å²) in [5.41, 5.74) is 0. The minimum Gasteiger partial charge on any atom is -0.308 e. The van der Waals surface area contributed by atoms with E-state index in [4.69, 9.17) is 0 Å². The molecule has 0 N–H and O–H groups in total. The highest BCUT2D eigenvalue weighted by atomic mass is 31.1. The Balaban J connectivity index is 3.27. The summed E-state index contributed by atoms with van der Waals surface area (Å²) in [5, 5.41) is 0. The van der Waals surface area contributed by atoms with Crippen LogP contribution in [0.5, 0.6) is 0 Å². The van der Waals surface area contributed by atoms with Crippen LogP contribution in [0.1, 0.15) is 0 Å². The van der Waals surface area contributed by atoms with Crippen molar-refractivity contribution in [2.75, 3.05) is 60.3 Å². The topological polar surface area (TPSA) is 6.48 Å². The Morgan fingerprint density at radius 3 is 1.92 bits per heavy atom. The van der Waals surface area contributed by atoms with Crippen molar-refractivity contribution >= 4 is 7.92 Å². The highest BCUT2D eigenvalue weighted by Gasteiger charge is 1.99. The Morgan fingerprint density at radius 2 is 1.50 bits per heavy atom. The van der Waals surface area contributed by atoms with Gasteiger partial charge in [-0.3, -0.25) is 0 Å². The minimum atomic E-state index is 0.286. The van der Waals surface area contributed by atoms with Crippen LogP contribution in [0, 0.1) is 0 Å². The molecule has 0 atom stereocenters. The van der Waals surface area contributed by atoms with Gasteiger partial charge in [-0.05, 0) is 40.6 Å². The second-order valence-electron chi connectivity index (χ2n) is 3.91. The lowest BCUT2D eigenvalue weighted by Crippen LogP contribution is -2.30. The van der Waals surface area contributed by atoms with E-state index in [2.05, 4.69) is 44.3 Å². The van der Waals surface area contributed by atoms with Gasteiger partial charge >= 0.3 is 0 Å². The summed E-state index contributed by atoms with van der Waals surface area (Å²) in [6.45, 7) is 8.30. The van der Waals surface area contributed by atoms with Crippen molar-refractivity contribution in [2.24, 2.45) is 0 Å². The van der Waals surface area contributed by atoms with E-state index in [1.54, 1.807) is 0 Å². The van der Waals surface area contributed by atoms with E-state index in [0.29, 0.717) is 0 Å². The fourth-order valence-electron chi connectivity index (χ4n) is 0.853. The van der Waals surface area contributed by atoms with E-state index in [9.17, 15) is 0 Å². The van der Waals surface area contributed by atoms with Gasteiger partial charge in [0.15, 0.2) is 0 Å². The molecule has 0 saturated carbocycles. The lowest BCUT2D eigenvalue weighted by atomic mass is 10.5. The van der Waals surface area contributed by atoms with E-state index in [1.165, 1.54) is 25.8 Å². The van der Waals surface area contributed by atoms with Crippen LogP contribution >= 0.6 is 7.92 Å². The number of nitrogens with zero attached hydrogens (tertiary/aromatic N) is 2. The van der Waals surface area contributed by atoms with Crippen LogP contribution in [0.25, 0.3) is 0 Å². The van der Waals surface area contributed by atoms with Crippen LogP contribution in [0.3, 0.4) is 0 Å². The average molecular weight is 190 g/mol. The molecule has 0 unspecified atom stereocenters. The highest BCUT2D eigenvalue weighted by molar-refractivity contribution is 7.56. The molecule has 0 aromatic carbocycles. The van der Waals surface area contributed by atoms with Crippen LogP contribution in [-0.2, 0) is 0 Å². The maximum Gasteiger partial charge on any atom is 0.0106 e. The standard InChI is InChI=1S/C9H23N2P/c1-10(2)6-7-11(3)8-9-12(4)5/h6-9H2,1-5H3. The van der Waals surface area contributed by atoms with Crippen molar-refractivity contribution in [1.29, 1.82) is 0 Å². The first kappa shape index (κ1) is 12.3. The number of rotatable bonds is 6. The Hall–Kier alpha value is 0.350. The number of likely N-dealkylation sites (N-methyl/N-ethyl adjacent to an activating group) is 2. The average Bonchev–Trinajstić information content (AvgIpc) is 1.96. The van der Waals surface area contributed by atoms with Gasteiger partial charge in [-0.2, -0.15) is 0 Å². The Kier molecular flexibility index (Phi) is 7.02. The van der Waals surface area contributed by atoms with Crippen LogP contribution < -0.4 is 0 Å². The Bertz CT molecular complexity index is 92.7. The van der Waals surface area contributed by atoms with Gasteiger partial charge in [-0.15, -0.1) is 7.92 Å². The molecule has 0 bridgehead atoms. The third-order valence-corrected chi connectivity index (χ3v) is 2.95. The van der Waals surface area contributed by atoms with E-state index in [0.717, 1.165) is 0 Å². The van der Waals surface area contributed by atoms with E-state index >= 15 is 0 Å². The van der Waals surface area contributed by atoms with Crippen LogP contribution in [0.15, 0.2) is 0 Å². The summed E-state index contributed by atoms with van der Waals surface area (Å²) in [6, 6.07) is 0. The van der Waals surface area contributed by atoms with Gasteiger partial charge < -0.3 is 9.80 Å². The summed E-state index contributed by atoms with van der Waals surface area (Å²) in [4.78, 5) is 4.65. The van der Waals surface area contributed by atoms with Gasteiger partial charge in [0.25, 0.3) is 0 Å². The fourth-order valence-corrected chi connectivity index (χ4v) is 1.59. The molecule has 12 heavy (non-hydrogen) atoms. The monoisotopic (exact) mass is 190 g/mol. The fraction of sp³-hybridized carbons (Fsp3) is 1.00. The molecular formula is C9H23N2P. The van der Waals surface area contributed by atoms with Gasteiger partial charge in [-0.25, -0.2) is 0 Å². The second-order valence-corrected chi connectivity index (χ2v) is 6.52. The molecule has 2 nitrogen and oxygen atoms in total. The van der Waals surface area contributed by atoms with E-state index in [-0.39, 0.29) is 7.92 Å². The molecule has 0 heterocycles. The predicted octanol–water partition coefficient (Wildman–Crippen LogP) is 1.22. The molecule has 0 amide bonds. The summed E-state index contributed by atoms with van der Waals surface area (Å²) in [6.07, 6.45) is 1.37. The molecule has 0 spiro atoms. The van der Waals surface area contributed by atoms with Crippen molar-refractivity contribution < 1.29 is 0 Å². The molecule has 0 saturated heterocycles. The van der Waals surface area contributed by atoms with Crippen LogP contribution in [0.2, 0.25) is 0 Å². The maximum atomic E-state index is 2.42. The molecule has 74 valence electrons. The summed E-state index contributed by atoms with van der Waals surface area (Å²) < 4.78 is 0. The normalized spacial score (nSPS) is 12.0. The van der Waals surface area contributed by atoms with Gasteiger partial charge in [0.2, 0.25) is 0 Å². The predicted molar refractivity (Wildman–Crippen MR) is 59.7 cm³/mol. The zero-order valence-electron chi connectivity index (χ0n) is 9.17. The molecule has 0 aromatic heterocycles. The third-order valence-electron chi connectivity index (χ3n) is 1.86. The summed E-state index contributed by atoms with van der Waals surface area (Å²) in [5.74, 6) is 0. The van der Waals surface area contributed by atoms with Crippen molar-refractivity contribution in [3.63, 3.8) is 0 Å². The maximum absolute atomic E-state index is 2.42. The molecule has 0 fully saturated rings. The van der Waals surface area contributed by atoms with Crippen molar-refractivity contribution in [1.82, 2.24) is 9.80 Å². The molecular weight excluding hydrogens is 167 g/mol. The van der Waals surface area contributed by atoms with Crippen LogP contribution in [0.4, 0.5) is 0 Å². The zero-order valence-corrected chi connectivity index (χ0v) is 10.1. The van der Waals surface area contributed by atoms with Crippen molar-refractivity contribution in [2.45, 2.75) is 0 Å². The first-order valence-corrected chi connectivity index (χ1v) is 6.92. The first-order chi connectivity index (χ1) is 5.52. The third kappa shape index (κ3) is 8.45. The van der Waals surface area contributed by atoms with Gasteiger partial charge in [-0.1, -0.05) is 0 Å². The van der Waals surface area contributed by atoms with Crippen molar-refractivity contribution in [3.8, 4) is 0 Å². The smallest absolute Gasteiger partial charge is 0.0106 e. The quantitative estimate of drug-likeness (QED) is 0.581. The molecule has 3 heteroatoms. The Labute approximate surface area is 78.7 Å². The largest absolute Gasteiger partial charge is 0.308 e. The van der Waals surface area contributed by atoms with Gasteiger partial charge in [0.05, 0.1) is 0 Å². The molecule has 0 aliphatic carbocycles. The van der Waals surface area contributed by atoms with E-state index < -0.39 is 0 Å². The van der Waals surface area contributed by atoms with E-state index in [1.807, 2.05) is 0 Å². The van der Waals surface area contributed by atoms with Crippen molar-refractivity contribution in [3.05, 3.63) is 0 Å². The number of hydrogen-bond donors (Lipinski definition) is 0. The molecule has 0 aliphatic rings.